The molecule has 0 aromatic carbocycles. The summed E-state index contributed by atoms with van der Waals surface area (Å²) in [5, 5.41) is 9.44. The van der Waals surface area contributed by atoms with Gasteiger partial charge in [-0.1, -0.05) is 34.1 Å². The third-order valence-corrected chi connectivity index (χ3v) is 2.13. The van der Waals surface area contributed by atoms with Crippen molar-refractivity contribution in [2.45, 2.75) is 46.6 Å². The van der Waals surface area contributed by atoms with Gasteiger partial charge in [0.1, 0.15) is 6.10 Å². The molecule has 0 fully saturated rings. The van der Waals surface area contributed by atoms with E-state index in [9.17, 15) is 9.90 Å². The van der Waals surface area contributed by atoms with Crippen molar-refractivity contribution in [2.24, 2.45) is 11.8 Å². The standard InChI is InChI=1S/C10H20O2/c1-5-6-8(4)10(12)9(11)7(2)3/h7-9,11H,5-6H2,1-4H3. The fraction of sp³-hybridized carbons (Fsp3) is 0.900. The first-order valence-electron chi connectivity index (χ1n) is 4.72. The summed E-state index contributed by atoms with van der Waals surface area (Å²) in [6.07, 6.45) is 1.10. The van der Waals surface area contributed by atoms with Gasteiger partial charge in [-0.25, -0.2) is 0 Å². The van der Waals surface area contributed by atoms with Crippen LogP contribution in [0.15, 0.2) is 0 Å². The highest BCUT2D eigenvalue weighted by Crippen LogP contribution is 2.13. The molecule has 72 valence electrons. The Morgan fingerprint density at radius 2 is 1.83 bits per heavy atom. The Morgan fingerprint density at radius 3 is 2.17 bits per heavy atom. The van der Waals surface area contributed by atoms with Crippen LogP contribution in [-0.4, -0.2) is 17.0 Å². The molecule has 0 radical (unpaired) electrons. The van der Waals surface area contributed by atoms with E-state index in [0.717, 1.165) is 12.8 Å². The highest BCUT2D eigenvalue weighted by molar-refractivity contribution is 5.85. The number of hydrogen-bond donors (Lipinski definition) is 1. The van der Waals surface area contributed by atoms with Gasteiger partial charge < -0.3 is 5.11 Å². The maximum absolute atomic E-state index is 11.4. The molecule has 0 spiro atoms. The maximum Gasteiger partial charge on any atom is 0.164 e. The summed E-state index contributed by atoms with van der Waals surface area (Å²) in [4.78, 5) is 11.4. The Balaban J connectivity index is 4.00. The van der Waals surface area contributed by atoms with E-state index in [4.69, 9.17) is 0 Å². The van der Waals surface area contributed by atoms with Crippen molar-refractivity contribution in [1.82, 2.24) is 0 Å². The number of carbonyl (C=O) groups excluding carboxylic acids is 1. The van der Waals surface area contributed by atoms with Crippen LogP contribution in [0.4, 0.5) is 0 Å². The van der Waals surface area contributed by atoms with Gasteiger partial charge in [0, 0.05) is 5.92 Å². The second-order valence-electron chi connectivity index (χ2n) is 3.78. The lowest BCUT2D eigenvalue weighted by Gasteiger charge is -2.17. The number of ketones is 1. The van der Waals surface area contributed by atoms with Gasteiger partial charge in [-0.15, -0.1) is 0 Å². The SMILES string of the molecule is CCCC(C)C(=O)C(O)C(C)C. The highest BCUT2D eigenvalue weighted by atomic mass is 16.3. The molecule has 0 aliphatic carbocycles. The smallest absolute Gasteiger partial charge is 0.164 e. The van der Waals surface area contributed by atoms with Gasteiger partial charge in [0.05, 0.1) is 0 Å². The molecule has 0 saturated carbocycles. The minimum absolute atomic E-state index is 0.00685. The molecule has 0 aliphatic heterocycles. The maximum atomic E-state index is 11.4. The van der Waals surface area contributed by atoms with Crippen LogP contribution in [0.2, 0.25) is 0 Å². The van der Waals surface area contributed by atoms with Crippen molar-refractivity contribution in [2.75, 3.05) is 0 Å². The van der Waals surface area contributed by atoms with Crippen LogP contribution in [0.1, 0.15) is 40.5 Å². The normalized spacial score (nSPS) is 16.2. The first-order valence-corrected chi connectivity index (χ1v) is 4.72. The molecule has 0 aliphatic rings. The molecular formula is C10H20O2. The molecule has 2 nitrogen and oxygen atoms in total. The Morgan fingerprint density at radius 1 is 1.33 bits per heavy atom. The average molecular weight is 172 g/mol. The van der Waals surface area contributed by atoms with Crippen molar-refractivity contribution >= 4 is 5.78 Å². The number of aliphatic hydroxyl groups is 1. The predicted molar refractivity (Wildman–Crippen MR) is 49.9 cm³/mol. The quantitative estimate of drug-likeness (QED) is 0.688. The van der Waals surface area contributed by atoms with Crippen LogP contribution >= 0.6 is 0 Å². The van der Waals surface area contributed by atoms with Crippen molar-refractivity contribution in [3.8, 4) is 0 Å². The lowest BCUT2D eigenvalue weighted by Crippen LogP contribution is -2.30. The number of hydrogen-bond acceptors (Lipinski definition) is 2. The molecular weight excluding hydrogens is 152 g/mol. The Labute approximate surface area is 75.0 Å². The summed E-state index contributed by atoms with van der Waals surface area (Å²) in [6.45, 7) is 7.66. The van der Waals surface area contributed by atoms with Crippen LogP contribution in [0.3, 0.4) is 0 Å². The lowest BCUT2D eigenvalue weighted by molar-refractivity contribution is -0.132. The zero-order chi connectivity index (χ0) is 9.72. The van der Waals surface area contributed by atoms with Crippen molar-refractivity contribution in [3.05, 3.63) is 0 Å². The van der Waals surface area contributed by atoms with Gasteiger partial charge in [0.25, 0.3) is 0 Å². The Kier molecular flexibility index (Phi) is 5.14. The summed E-state index contributed by atoms with van der Waals surface area (Å²) in [5.41, 5.74) is 0. The molecule has 0 saturated heterocycles. The van der Waals surface area contributed by atoms with Crippen LogP contribution in [0, 0.1) is 11.8 Å². The van der Waals surface area contributed by atoms with E-state index >= 15 is 0 Å². The van der Waals surface area contributed by atoms with Gasteiger partial charge in [0.2, 0.25) is 0 Å². The van der Waals surface area contributed by atoms with Crippen LogP contribution in [0.5, 0.6) is 0 Å². The van der Waals surface area contributed by atoms with E-state index in [1.165, 1.54) is 0 Å². The number of rotatable bonds is 5. The first kappa shape index (κ1) is 11.6. The van der Waals surface area contributed by atoms with E-state index in [1.807, 2.05) is 27.7 Å². The average Bonchev–Trinajstić information content (AvgIpc) is 2.02. The Bertz CT molecular complexity index is 141. The van der Waals surface area contributed by atoms with Gasteiger partial charge in [-0.3, -0.25) is 4.79 Å². The summed E-state index contributed by atoms with van der Waals surface area (Å²) in [7, 11) is 0. The van der Waals surface area contributed by atoms with Gasteiger partial charge in [-0.2, -0.15) is 0 Å². The number of Topliss-reactive ketones (excluding diaryl/α,β-unsaturated/α-hetero) is 1. The molecule has 2 unspecified atom stereocenters. The summed E-state index contributed by atoms with van der Waals surface area (Å²) in [6, 6.07) is 0. The summed E-state index contributed by atoms with van der Waals surface area (Å²) in [5.74, 6) is 0.0380. The van der Waals surface area contributed by atoms with Gasteiger partial charge >= 0.3 is 0 Å². The molecule has 0 aromatic heterocycles. The first-order chi connectivity index (χ1) is 5.50. The molecule has 2 atom stereocenters. The number of aliphatic hydroxyl groups excluding tert-OH is 1. The zero-order valence-corrected chi connectivity index (χ0v) is 8.50. The second kappa shape index (κ2) is 5.31. The largest absolute Gasteiger partial charge is 0.385 e. The van der Waals surface area contributed by atoms with E-state index in [-0.39, 0.29) is 17.6 Å². The van der Waals surface area contributed by atoms with E-state index in [0.29, 0.717) is 0 Å². The van der Waals surface area contributed by atoms with E-state index in [1.54, 1.807) is 0 Å². The van der Waals surface area contributed by atoms with Crippen molar-refractivity contribution in [1.29, 1.82) is 0 Å². The predicted octanol–water partition coefficient (Wildman–Crippen LogP) is 2.01. The number of carbonyl (C=O) groups is 1. The van der Waals surface area contributed by atoms with E-state index < -0.39 is 6.10 Å². The lowest BCUT2D eigenvalue weighted by atomic mass is 9.92. The monoisotopic (exact) mass is 172 g/mol. The molecule has 0 rings (SSSR count). The molecule has 2 heteroatoms. The van der Waals surface area contributed by atoms with Gasteiger partial charge in [-0.05, 0) is 12.3 Å². The van der Waals surface area contributed by atoms with Crippen LogP contribution < -0.4 is 0 Å². The molecule has 12 heavy (non-hydrogen) atoms. The zero-order valence-electron chi connectivity index (χ0n) is 8.50. The van der Waals surface area contributed by atoms with Crippen LogP contribution in [0.25, 0.3) is 0 Å². The van der Waals surface area contributed by atoms with Crippen molar-refractivity contribution in [3.63, 3.8) is 0 Å². The Hall–Kier alpha value is -0.370. The second-order valence-corrected chi connectivity index (χ2v) is 3.78. The fourth-order valence-electron chi connectivity index (χ4n) is 1.20. The van der Waals surface area contributed by atoms with Crippen LogP contribution in [-0.2, 0) is 4.79 Å². The van der Waals surface area contributed by atoms with E-state index in [2.05, 4.69) is 0 Å². The molecule has 0 amide bonds. The third kappa shape index (κ3) is 3.35. The summed E-state index contributed by atoms with van der Waals surface area (Å²) < 4.78 is 0. The molecule has 1 N–H and O–H groups in total. The molecule has 0 heterocycles. The fourth-order valence-corrected chi connectivity index (χ4v) is 1.20. The highest BCUT2D eigenvalue weighted by Gasteiger charge is 2.23. The molecule has 0 aromatic rings. The minimum Gasteiger partial charge on any atom is -0.385 e. The summed E-state index contributed by atoms with van der Waals surface area (Å²) >= 11 is 0. The van der Waals surface area contributed by atoms with Gasteiger partial charge in [0.15, 0.2) is 5.78 Å². The molecule has 0 bridgehead atoms. The minimum atomic E-state index is -0.772. The third-order valence-electron chi connectivity index (χ3n) is 2.13. The van der Waals surface area contributed by atoms with Crippen molar-refractivity contribution < 1.29 is 9.90 Å². The topological polar surface area (TPSA) is 37.3 Å².